The van der Waals surface area contributed by atoms with Crippen LogP contribution in [0.1, 0.15) is 0 Å². The molecule has 4 heterocycles. The molecular weight excluding hydrogens is 548 g/mol. The van der Waals surface area contributed by atoms with Gasteiger partial charge in [-0.05, 0) is 23.7 Å². The molecule has 4 rings (SSSR count). The van der Waals surface area contributed by atoms with Crippen molar-refractivity contribution in [1.82, 2.24) is 10.1 Å². The minimum atomic E-state index is -1.89. The monoisotopic (exact) mass is 576 g/mol. The van der Waals surface area contributed by atoms with Gasteiger partial charge in [0, 0.05) is 12.4 Å². The quantitative estimate of drug-likeness (QED) is 0.140. The van der Waals surface area contributed by atoms with E-state index in [0.29, 0.717) is 0 Å². The molecule has 40 heavy (non-hydrogen) atoms. The minimum absolute atomic E-state index is 0.156. The van der Waals surface area contributed by atoms with Gasteiger partial charge in [0.2, 0.25) is 12.6 Å². The molecule has 0 saturated carbocycles. The molecule has 0 unspecified atom stereocenters. The molecule has 0 spiro atoms. The number of allylic oxidation sites excluding steroid dienone is 2. The van der Waals surface area contributed by atoms with Crippen LogP contribution in [0, 0.1) is 0 Å². The molecule has 0 aromatic rings. The van der Waals surface area contributed by atoms with Gasteiger partial charge in [-0.15, -0.1) is 0 Å². The number of ether oxygens (including phenoxy) is 4. The molecule has 0 aliphatic carbocycles. The SMILES string of the molecule is [O-]C1=C(O[C@@H]2O[C@H](CO)[C@@H](O)[C@H](O)[C@H]2O)C=CN(O)C1=C1C([O-])=C(O[C@@H]2O[C@H](CO)[C@@H](O)[C@H](O)[C@H]2O)C=CN1O. The Balaban J connectivity index is 1.66. The van der Waals surface area contributed by atoms with Gasteiger partial charge in [-0.2, -0.15) is 0 Å². The summed E-state index contributed by atoms with van der Waals surface area (Å²) in [6, 6.07) is 0. The average molecular weight is 576 g/mol. The van der Waals surface area contributed by atoms with E-state index in [1.807, 2.05) is 0 Å². The molecule has 18 heteroatoms. The average Bonchev–Trinajstić information content (AvgIpc) is 2.93. The molecular formula is C22H28N2O16-2. The number of aliphatic hydroxyl groups is 8. The third kappa shape index (κ3) is 5.35. The zero-order chi connectivity index (χ0) is 29.5. The van der Waals surface area contributed by atoms with E-state index in [4.69, 9.17) is 18.9 Å². The predicted molar refractivity (Wildman–Crippen MR) is 116 cm³/mol. The van der Waals surface area contributed by atoms with E-state index in [0.717, 1.165) is 24.6 Å². The number of nitrogens with zero attached hydrogens (tertiary/aromatic N) is 2. The largest absolute Gasteiger partial charge is 0.868 e. The van der Waals surface area contributed by atoms with E-state index in [2.05, 4.69) is 0 Å². The van der Waals surface area contributed by atoms with Crippen LogP contribution >= 0.6 is 0 Å². The van der Waals surface area contributed by atoms with Crippen molar-refractivity contribution in [3.8, 4) is 0 Å². The van der Waals surface area contributed by atoms with E-state index < -0.39 is 109 Å². The summed E-state index contributed by atoms with van der Waals surface area (Å²) in [4.78, 5) is 0. The van der Waals surface area contributed by atoms with E-state index in [1.165, 1.54) is 0 Å². The van der Waals surface area contributed by atoms with Crippen LogP contribution in [0.4, 0.5) is 0 Å². The Hall–Kier alpha value is -2.98. The predicted octanol–water partition coefficient (Wildman–Crippen LogP) is -6.59. The smallest absolute Gasteiger partial charge is 0.229 e. The Morgan fingerprint density at radius 2 is 0.975 bits per heavy atom. The third-order valence-corrected chi connectivity index (χ3v) is 6.48. The summed E-state index contributed by atoms with van der Waals surface area (Å²) in [5.41, 5.74) is -1.79. The molecule has 4 aliphatic heterocycles. The summed E-state index contributed by atoms with van der Waals surface area (Å²) in [6.45, 7) is -1.56. The van der Waals surface area contributed by atoms with Crippen molar-refractivity contribution in [1.29, 1.82) is 0 Å². The second-order valence-corrected chi connectivity index (χ2v) is 9.03. The molecule has 10 N–H and O–H groups in total. The van der Waals surface area contributed by atoms with E-state index >= 15 is 0 Å². The number of rotatable bonds is 6. The van der Waals surface area contributed by atoms with Crippen LogP contribution in [0.15, 0.2) is 59.0 Å². The summed E-state index contributed by atoms with van der Waals surface area (Å²) in [7, 11) is 0. The third-order valence-electron chi connectivity index (χ3n) is 6.48. The van der Waals surface area contributed by atoms with Crippen molar-refractivity contribution < 1.29 is 80.4 Å². The highest BCUT2D eigenvalue weighted by Crippen LogP contribution is 2.34. The highest BCUT2D eigenvalue weighted by molar-refractivity contribution is 5.46. The Morgan fingerprint density at radius 3 is 1.30 bits per heavy atom. The van der Waals surface area contributed by atoms with E-state index in [1.54, 1.807) is 0 Å². The van der Waals surface area contributed by atoms with E-state index in [-0.39, 0.29) is 10.1 Å². The van der Waals surface area contributed by atoms with Crippen molar-refractivity contribution >= 4 is 0 Å². The molecule has 0 aromatic carbocycles. The summed E-state index contributed by atoms with van der Waals surface area (Å²) in [5, 5.41) is 126. The zero-order valence-corrected chi connectivity index (χ0v) is 20.3. The van der Waals surface area contributed by atoms with Crippen LogP contribution in [0.5, 0.6) is 0 Å². The molecule has 0 radical (unpaired) electrons. The molecule has 0 bridgehead atoms. The van der Waals surface area contributed by atoms with Crippen LogP contribution in [0.2, 0.25) is 0 Å². The molecule has 0 aromatic heterocycles. The maximum absolute atomic E-state index is 13.2. The molecule has 2 saturated heterocycles. The highest BCUT2D eigenvalue weighted by atomic mass is 16.7. The van der Waals surface area contributed by atoms with Crippen molar-refractivity contribution in [3.05, 3.63) is 59.0 Å². The maximum atomic E-state index is 13.2. The van der Waals surface area contributed by atoms with Gasteiger partial charge in [0.15, 0.2) is 0 Å². The Kier molecular flexibility index (Phi) is 8.89. The van der Waals surface area contributed by atoms with Gasteiger partial charge in [-0.1, -0.05) is 0 Å². The van der Waals surface area contributed by atoms with Crippen LogP contribution < -0.4 is 10.2 Å². The molecule has 4 aliphatic rings. The molecule has 10 atom stereocenters. The van der Waals surface area contributed by atoms with Crippen LogP contribution in [-0.4, -0.2) is 136 Å². The topological polar surface area (TPSA) is 292 Å². The van der Waals surface area contributed by atoms with Gasteiger partial charge in [-0.25, -0.2) is 10.1 Å². The lowest BCUT2D eigenvalue weighted by molar-refractivity contribution is -0.327. The van der Waals surface area contributed by atoms with Crippen LogP contribution in [-0.2, 0) is 18.9 Å². The van der Waals surface area contributed by atoms with Gasteiger partial charge in [-0.3, -0.25) is 10.4 Å². The molecule has 18 nitrogen and oxygen atoms in total. The Bertz CT molecular complexity index is 1020. The van der Waals surface area contributed by atoms with Gasteiger partial charge in [0.05, 0.1) is 24.6 Å². The first-order valence-electron chi connectivity index (χ1n) is 11.8. The standard InChI is InChI=1S/C22H30N2O16/c25-5-9-15(29)17(31)19(33)21(39-9)37-7-1-3-23(35)11(13(7)27)12-14(28)8(2-4-24(12)36)38-22-20(34)18(32)16(30)10(6-26)40-22/h1-4,9-10,15-22,25-36H,5-6H2/p-2/t9-,10-,15-,16-,17+,18+,19-,20-,21-,22-/m1/s1. The second kappa shape index (κ2) is 11.9. The van der Waals surface area contributed by atoms with Crippen molar-refractivity contribution in [2.45, 2.75) is 61.4 Å². The lowest BCUT2D eigenvalue weighted by Crippen LogP contribution is -2.59. The van der Waals surface area contributed by atoms with E-state index in [9.17, 15) is 61.5 Å². The van der Waals surface area contributed by atoms with Gasteiger partial charge < -0.3 is 70.0 Å². The van der Waals surface area contributed by atoms with Gasteiger partial charge >= 0.3 is 0 Å². The molecule has 2 fully saturated rings. The van der Waals surface area contributed by atoms with Crippen molar-refractivity contribution in [3.63, 3.8) is 0 Å². The van der Waals surface area contributed by atoms with Crippen molar-refractivity contribution in [2.75, 3.05) is 13.2 Å². The van der Waals surface area contributed by atoms with Crippen molar-refractivity contribution in [2.24, 2.45) is 0 Å². The lowest BCUT2D eigenvalue weighted by atomic mass is 9.99. The van der Waals surface area contributed by atoms with Gasteiger partial charge in [0.25, 0.3) is 0 Å². The summed E-state index contributed by atoms with van der Waals surface area (Å²) in [5.74, 6) is -3.81. The summed E-state index contributed by atoms with van der Waals surface area (Å²) in [6.07, 6.45) is -13.8. The van der Waals surface area contributed by atoms with Crippen LogP contribution in [0.25, 0.3) is 0 Å². The normalized spacial score (nSPS) is 40.6. The second-order valence-electron chi connectivity index (χ2n) is 9.03. The number of hydrogen-bond acceptors (Lipinski definition) is 18. The fourth-order valence-electron chi connectivity index (χ4n) is 4.22. The Labute approximate surface area is 224 Å². The first kappa shape index (κ1) is 30.0. The number of hydroxylamine groups is 4. The summed E-state index contributed by atoms with van der Waals surface area (Å²) >= 11 is 0. The van der Waals surface area contributed by atoms with Gasteiger partial charge in [0.1, 0.15) is 60.4 Å². The first-order chi connectivity index (χ1) is 18.9. The molecule has 224 valence electrons. The zero-order valence-electron chi connectivity index (χ0n) is 20.3. The number of hydrogen-bond donors (Lipinski definition) is 10. The molecule has 0 amide bonds. The highest BCUT2D eigenvalue weighted by Gasteiger charge is 2.46. The lowest BCUT2D eigenvalue weighted by Gasteiger charge is -2.42. The first-order valence-corrected chi connectivity index (χ1v) is 11.8. The Morgan fingerprint density at radius 1 is 0.625 bits per heavy atom. The summed E-state index contributed by atoms with van der Waals surface area (Å²) < 4.78 is 21.0. The number of aliphatic hydroxyl groups excluding tert-OH is 8. The van der Waals surface area contributed by atoms with Crippen LogP contribution in [0.3, 0.4) is 0 Å². The maximum Gasteiger partial charge on any atom is 0.229 e. The fourth-order valence-corrected chi connectivity index (χ4v) is 4.22. The minimum Gasteiger partial charge on any atom is -0.868 e. The fraction of sp³-hybridized carbons (Fsp3) is 0.545.